The Hall–Kier alpha value is -2.15. The van der Waals surface area contributed by atoms with Gasteiger partial charge in [-0.1, -0.05) is 12.5 Å². The number of nitrogens with zero attached hydrogens (tertiary/aromatic N) is 3. The summed E-state index contributed by atoms with van der Waals surface area (Å²) in [6.45, 7) is 4.64. The molecule has 6 nitrogen and oxygen atoms in total. The van der Waals surface area contributed by atoms with Crippen LogP contribution in [-0.4, -0.2) is 76.4 Å². The number of phenols is 1. The molecule has 2 heterocycles. The van der Waals surface area contributed by atoms with Crippen LogP contribution in [0.1, 0.15) is 51.4 Å². The lowest BCUT2D eigenvalue weighted by Gasteiger charge is -2.37. The minimum Gasteiger partial charge on any atom is -0.508 e. The number of likely N-dealkylation sites (tertiary alicyclic amines) is 1. The molecule has 0 spiro atoms. The molecule has 0 unspecified atom stereocenters. The Morgan fingerprint density at radius 1 is 0.871 bits per heavy atom. The van der Waals surface area contributed by atoms with Gasteiger partial charge in [0.2, 0.25) is 11.8 Å². The van der Waals surface area contributed by atoms with Gasteiger partial charge in [-0.3, -0.25) is 14.5 Å². The summed E-state index contributed by atoms with van der Waals surface area (Å²) in [6.07, 6.45) is 9.00. The largest absolute Gasteiger partial charge is 0.508 e. The molecule has 170 valence electrons. The van der Waals surface area contributed by atoms with Crippen LogP contribution in [0.4, 0.5) is 4.39 Å². The summed E-state index contributed by atoms with van der Waals surface area (Å²) in [5.41, 5.74) is 0. The molecule has 31 heavy (non-hydrogen) atoms. The van der Waals surface area contributed by atoms with E-state index in [-0.39, 0.29) is 29.5 Å². The summed E-state index contributed by atoms with van der Waals surface area (Å²) in [6, 6.07) is 5.80. The molecule has 2 saturated heterocycles. The molecule has 0 radical (unpaired) electrons. The molecule has 7 heteroatoms. The van der Waals surface area contributed by atoms with Gasteiger partial charge in [0, 0.05) is 50.7 Å². The van der Waals surface area contributed by atoms with Crippen molar-refractivity contribution in [2.75, 3.05) is 32.7 Å². The predicted octanol–water partition coefficient (Wildman–Crippen LogP) is 3.01. The van der Waals surface area contributed by atoms with Crippen LogP contribution in [0.15, 0.2) is 24.3 Å². The first kappa shape index (κ1) is 22.1. The third-order valence-corrected chi connectivity index (χ3v) is 6.99. The number of hydrogen-bond donors (Lipinski definition) is 1. The third kappa shape index (κ3) is 5.56. The van der Waals surface area contributed by atoms with Crippen molar-refractivity contribution in [2.24, 2.45) is 5.92 Å². The number of carbonyl (C=O) groups excluding carboxylic acids is 2. The van der Waals surface area contributed by atoms with E-state index in [2.05, 4.69) is 4.90 Å². The monoisotopic (exact) mass is 431 g/mol. The normalized spacial score (nSPS) is 24.7. The van der Waals surface area contributed by atoms with Crippen LogP contribution in [0, 0.1) is 11.7 Å². The van der Waals surface area contributed by atoms with Crippen molar-refractivity contribution in [2.45, 2.75) is 63.5 Å². The smallest absolute Gasteiger partial charge is 0.245 e. The van der Waals surface area contributed by atoms with E-state index in [4.69, 9.17) is 5.11 Å². The van der Waals surface area contributed by atoms with Crippen LogP contribution >= 0.6 is 0 Å². The van der Waals surface area contributed by atoms with Crippen molar-refractivity contribution in [3.63, 3.8) is 0 Å². The zero-order chi connectivity index (χ0) is 21.8. The molecular weight excluding hydrogens is 397 g/mol. The SMILES string of the molecule is O=C([C@H]1CCCN1C(=O)C1CC1)N1CCCN(C2CCC2)CC1.Oc1cccc(F)c1. The minimum atomic E-state index is -0.412. The number of phenolic OH excluding ortho intramolecular Hbond substituents is 1. The minimum absolute atomic E-state index is 0.0370. The van der Waals surface area contributed by atoms with Crippen LogP contribution in [0.2, 0.25) is 0 Å². The lowest BCUT2D eigenvalue weighted by Crippen LogP contribution is -2.49. The van der Waals surface area contributed by atoms with Crippen molar-refractivity contribution in [1.29, 1.82) is 0 Å². The maximum atomic E-state index is 13.0. The number of amides is 2. The molecule has 0 aromatic heterocycles. The van der Waals surface area contributed by atoms with E-state index in [1.54, 1.807) is 0 Å². The fourth-order valence-corrected chi connectivity index (χ4v) is 4.81. The zero-order valence-corrected chi connectivity index (χ0v) is 18.2. The van der Waals surface area contributed by atoms with Gasteiger partial charge in [0.1, 0.15) is 17.6 Å². The van der Waals surface area contributed by atoms with Gasteiger partial charge in [0.25, 0.3) is 0 Å². The van der Waals surface area contributed by atoms with Crippen molar-refractivity contribution in [3.8, 4) is 5.75 Å². The highest BCUT2D eigenvalue weighted by molar-refractivity contribution is 5.90. The number of benzene rings is 1. The van der Waals surface area contributed by atoms with Gasteiger partial charge in [0.05, 0.1) is 0 Å². The fourth-order valence-electron chi connectivity index (χ4n) is 4.81. The average Bonchev–Trinajstić information content (AvgIpc) is 3.48. The van der Waals surface area contributed by atoms with E-state index in [1.807, 2.05) is 9.80 Å². The standard InChI is InChI=1S/C18H29N3O2.C6H5FO/c22-17(14-7-8-14)21-11-2-6-16(21)18(23)20-10-3-9-19(12-13-20)15-4-1-5-15;7-5-2-1-3-6(8)4-5/h14-16H,1-13H2;1-4,8H/t16-;/m1./s1. The lowest BCUT2D eigenvalue weighted by atomic mass is 9.91. The summed E-state index contributed by atoms with van der Waals surface area (Å²) in [4.78, 5) is 31.9. The van der Waals surface area contributed by atoms with Crippen LogP contribution in [0.25, 0.3) is 0 Å². The predicted molar refractivity (Wildman–Crippen MR) is 116 cm³/mol. The second kappa shape index (κ2) is 9.98. The molecule has 2 aliphatic heterocycles. The first-order valence-corrected chi connectivity index (χ1v) is 11.8. The highest BCUT2D eigenvalue weighted by atomic mass is 19.1. The number of rotatable bonds is 3. The van der Waals surface area contributed by atoms with E-state index in [1.165, 1.54) is 37.5 Å². The van der Waals surface area contributed by atoms with E-state index >= 15 is 0 Å². The zero-order valence-electron chi connectivity index (χ0n) is 18.2. The van der Waals surface area contributed by atoms with E-state index in [9.17, 15) is 14.0 Å². The Morgan fingerprint density at radius 3 is 2.29 bits per heavy atom. The Labute approximate surface area is 184 Å². The third-order valence-electron chi connectivity index (χ3n) is 6.99. The molecule has 4 aliphatic rings. The summed E-state index contributed by atoms with van der Waals surface area (Å²) >= 11 is 0. The van der Waals surface area contributed by atoms with Gasteiger partial charge >= 0.3 is 0 Å². The second-order valence-electron chi connectivity index (χ2n) is 9.24. The summed E-state index contributed by atoms with van der Waals surface area (Å²) in [5.74, 6) is 0.232. The van der Waals surface area contributed by atoms with Crippen molar-refractivity contribution >= 4 is 11.8 Å². The molecule has 5 rings (SSSR count). The molecule has 2 saturated carbocycles. The van der Waals surface area contributed by atoms with E-state index in [0.29, 0.717) is 0 Å². The number of hydrogen-bond acceptors (Lipinski definition) is 4. The average molecular weight is 432 g/mol. The number of aromatic hydroxyl groups is 1. The molecule has 1 aromatic rings. The van der Waals surface area contributed by atoms with E-state index in [0.717, 1.165) is 76.9 Å². The van der Waals surface area contributed by atoms with Crippen LogP contribution in [-0.2, 0) is 9.59 Å². The Kier molecular flexibility index (Phi) is 7.10. The van der Waals surface area contributed by atoms with Gasteiger partial charge < -0.3 is 14.9 Å². The topological polar surface area (TPSA) is 64.1 Å². The van der Waals surface area contributed by atoms with E-state index < -0.39 is 5.82 Å². The maximum Gasteiger partial charge on any atom is 0.245 e. The highest BCUT2D eigenvalue weighted by Crippen LogP contribution is 2.34. The maximum absolute atomic E-state index is 13.0. The molecule has 1 aromatic carbocycles. The molecule has 1 atom stereocenters. The summed E-state index contributed by atoms with van der Waals surface area (Å²) < 4.78 is 12.0. The summed E-state index contributed by atoms with van der Waals surface area (Å²) in [7, 11) is 0. The molecule has 2 amide bonds. The van der Waals surface area contributed by atoms with Crippen LogP contribution < -0.4 is 0 Å². The Bertz CT molecular complexity index is 764. The Morgan fingerprint density at radius 2 is 1.68 bits per heavy atom. The molecule has 4 fully saturated rings. The quantitative estimate of drug-likeness (QED) is 0.799. The van der Waals surface area contributed by atoms with Crippen LogP contribution in [0.5, 0.6) is 5.75 Å². The molecule has 1 N–H and O–H groups in total. The van der Waals surface area contributed by atoms with Gasteiger partial charge in [-0.15, -0.1) is 0 Å². The second-order valence-corrected chi connectivity index (χ2v) is 9.24. The summed E-state index contributed by atoms with van der Waals surface area (Å²) in [5, 5.41) is 8.57. The lowest BCUT2D eigenvalue weighted by molar-refractivity contribution is -0.144. The first-order chi connectivity index (χ1) is 15.0. The molecule has 2 aliphatic carbocycles. The van der Waals surface area contributed by atoms with Gasteiger partial charge in [-0.25, -0.2) is 4.39 Å². The highest BCUT2D eigenvalue weighted by Gasteiger charge is 2.42. The first-order valence-electron chi connectivity index (χ1n) is 11.8. The van der Waals surface area contributed by atoms with Gasteiger partial charge in [0.15, 0.2) is 0 Å². The number of carbonyl (C=O) groups is 2. The van der Waals surface area contributed by atoms with Crippen molar-refractivity contribution in [3.05, 3.63) is 30.1 Å². The number of halogens is 1. The van der Waals surface area contributed by atoms with Crippen molar-refractivity contribution < 1.29 is 19.1 Å². The van der Waals surface area contributed by atoms with Gasteiger partial charge in [-0.2, -0.15) is 0 Å². The fraction of sp³-hybridized carbons (Fsp3) is 0.667. The van der Waals surface area contributed by atoms with Crippen molar-refractivity contribution in [1.82, 2.24) is 14.7 Å². The van der Waals surface area contributed by atoms with Crippen LogP contribution in [0.3, 0.4) is 0 Å². The molecular formula is C24H34FN3O3. The van der Waals surface area contributed by atoms with Gasteiger partial charge in [-0.05, 0) is 57.1 Å². The molecule has 0 bridgehead atoms. The Balaban J connectivity index is 0.000000245.